The number of amides is 1. The van der Waals surface area contributed by atoms with Crippen LogP contribution in [-0.2, 0) is 16.0 Å². The molecule has 8 heteroatoms. The fraction of sp³-hybridized carbons (Fsp3) is 0.241. The van der Waals surface area contributed by atoms with Crippen LogP contribution in [0, 0.1) is 11.6 Å². The number of rotatable bonds is 6. The van der Waals surface area contributed by atoms with E-state index < -0.39 is 29.4 Å². The second-order valence-electron chi connectivity index (χ2n) is 8.95. The minimum Gasteiger partial charge on any atom is -0.507 e. The van der Waals surface area contributed by atoms with Crippen LogP contribution >= 0.6 is 0 Å². The minimum atomic E-state index is -1.14. The van der Waals surface area contributed by atoms with E-state index in [1.54, 1.807) is 30.3 Å². The van der Waals surface area contributed by atoms with Crippen LogP contribution in [0.15, 0.2) is 66.2 Å². The van der Waals surface area contributed by atoms with Crippen molar-refractivity contribution in [2.24, 2.45) is 0 Å². The van der Waals surface area contributed by atoms with Gasteiger partial charge in [0.25, 0.3) is 11.7 Å². The molecule has 6 nitrogen and oxygen atoms in total. The van der Waals surface area contributed by atoms with Gasteiger partial charge in [-0.05, 0) is 67.4 Å². The fourth-order valence-corrected chi connectivity index (χ4v) is 4.99. The molecule has 37 heavy (non-hydrogen) atoms. The van der Waals surface area contributed by atoms with E-state index in [0.29, 0.717) is 29.9 Å². The molecule has 1 fully saturated rings. The molecule has 2 aliphatic heterocycles. The summed E-state index contributed by atoms with van der Waals surface area (Å²) in [5.41, 5.74) is 2.66. The standard InChI is InChI=1S/C29H26F2N2O4/c1-3-32(4-2)20-8-5-17(6-9-20)26-25(27(34)19-7-12-24-18(15-19)13-14-37-24)28(35)29(36)33(26)21-10-11-22(30)23(31)16-21/h5-12,15-16,26,34H,3-4,13-14H2,1-2H3/b27-25-. The van der Waals surface area contributed by atoms with Crippen molar-refractivity contribution in [2.45, 2.75) is 26.3 Å². The Labute approximate surface area is 213 Å². The first-order valence-corrected chi connectivity index (χ1v) is 12.2. The third kappa shape index (κ3) is 4.22. The van der Waals surface area contributed by atoms with Crippen molar-refractivity contribution in [1.82, 2.24) is 0 Å². The Morgan fingerprint density at radius 1 is 1.00 bits per heavy atom. The van der Waals surface area contributed by atoms with Crippen molar-refractivity contribution in [1.29, 1.82) is 0 Å². The van der Waals surface area contributed by atoms with E-state index in [0.717, 1.165) is 41.4 Å². The number of ether oxygens (including phenoxy) is 1. The van der Waals surface area contributed by atoms with E-state index in [4.69, 9.17) is 4.74 Å². The van der Waals surface area contributed by atoms with E-state index in [9.17, 15) is 23.5 Å². The number of halogens is 2. The van der Waals surface area contributed by atoms with Crippen molar-refractivity contribution < 1.29 is 28.2 Å². The van der Waals surface area contributed by atoms with Gasteiger partial charge in [0.05, 0.1) is 18.2 Å². The average molecular weight is 505 g/mol. The van der Waals surface area contributed by atoms with Gasteiger partial charge < -0.3 is 14.7 Å². The maximum Gasteiger partial charge on any atom is 0.300 e. The molecule has 3 aromatic rings. The summed E-state index contributed by atoms with van der Waals surface area (Å²) in [6.07, 6.45) is 0.663. The monoisotopic (exact) mass is 504 g/mol. The van der Waals surface area contributed by atoms with Crippen molar-refractivity contribution in [3.8, 4) is 5.75 Å². The smallest absolute Gasteiger partial charge is 0.300 e. The third-order valence-electron chi connectivity index (χ3n) is 6.93. The lowest BCUT2D eigenvalue weighted by atomic mass is 9.94. The highest BCUT2D eigenvalue weighted by Gasteiger charge is 2.47. The number of anilines is 2. The second kappa shape index (κ2) is 9.69. The number of benzene rings is 3. The molecule has 1 saturated heterocycles. The van der Waals surface area contributed by atoms with Gasteiger partial charge in [-0.2, -0.15) is 0 Å². The molecule has 2 aliphatic rings. The number of fused-ring (bicyclic) bond motifs is 1. The highest BCUT2D eigenvalue weighted by Crippen LogP contribution is 2.43. The number of hydrogen-bond donors (Lipinski definition) is 1. The van der Waals surface area contributed by atoms with Crippen molar-refractivity contribution in [3.05, 3.63) is 94.6 Å². The summed E-state index contributed by atoms with van der Waals surface area (Å²) in [6.45, 7) is 6.20. The number of aliphatic hydroxyl groups excluding tert-OH is 1. The van der Waals surface area contributed by atoms with Gasteiger partial charge in [0.2, 0.25) is 0 Å². The lowest BCUT2D eigenvalue weighted by Gasteiger charge is -2.27. The number of hydrogen-bond acceptors (Lipinski definition) is 5. The summed E-state index contributed by atoms with van der Waals surface area (Å²) in [6, 6.07) is 14.4. The van der Waals surface area contributed by atoms with Gasteiger partial charge in [-0.25, -0.2) is 8.78 Å². The number of nitrogens with zero attached hydrogens (tertiary/aromatic N) is 2. The molecule has 0 saturated carbocycles. The minimum absolute atomic E-state index is 0.0141. The second-order valence-corrected chi connectivity index (χ2v) is 8.95. The van der Waals surface area contributed by atoms with Gasteiger partial charge >= 0.3 is 0 Å². The first-order chi connectivity index (χ1) is 17.8. The predicted octanol–water partition coefficient (Wildman–Crippen LogP) is 5.37. The molecule has 0 bridgehead atoms. The molecule has 2 heterocycles. The first-order valence-electron chi connectivity index (χ1n) is 12.2. The molecule has 1 amide bonds. The van der Waals surface area contributed by atoms with Crippen LogP contribution in [-0.4, -0.2) is 36.5 Å². The van der Waals surface area contributed by atoms with E-state index >= 15 is 0 Å². The van der Waals surface area contributed by atoms with Crippen LogP contribution in [0.1, 0.15) is 36.6 Å². The Kier molecular flexibility index (Phi) is 6.41. The summed E-state index contributed by atoms with van der Waals surface area (Å²) in [5.74, 6) is -3.68. The van der Waals surface area contributed by atoms with Crippen molar-refractivity contribution in [2.75, 3.05) is 29.5 Å². The van der Waals surface area contributed by atoms with Crippen molar-refractivity contribution >= 4 is 28.8 Å². The zero-order chi connectivity index (χ0) is 26.3. The Morgan fingerprint density at radius 3 is 2.41 bits per heavy atom. The van der Waals surface area contributed by atoms with Crippen molar-refractivity contribution in [3.63, 3.8) is 0 Å². The topological polar surface area (TPSA) is 70.1 Å². The van der Waals surface area contributed by atoms with E-state index in [2.05, 4.69) is 4.90 Å². The first kappa shape index (κ1) is 24.5. The van der Waals surface area contributed by atoms with Gasteiger partial charge in [-0.15, -0.1) is 0 Å². The number of ketones is 1. The Bertz CT molecular complexity index is 1410. The highest BCUT2D eigenvalue weighted by molar-refractivity contribution is 6.51. The number of aliphatic hydroxyl groups is 1. The van der Waals surface area contributed by atoms with Gasteiger partial charge in [0.15, 0.2) is 11.6 Å². The van der Waals surface area contributed by atoms with Crippen LogP contribution in [0.5, 0.6) is 5.75 Å². The van der Waals surface area contributed by atoms with Crippen LogP contribution in [0.4, 0.5) is 20.2 Å². The highest BCUT2D eigenvalue weighted by atomic mass is 19.2. The summed E-state index contributed by atoms with van der Waals surface area (Å²) in [7, 11) is 0. The van der Waals surface area contributed by atoms with Crippen LogP contribution in [0.3, 0.4) is 0 Å². The largest absolute Gasteiger partial charge is 0.507 e. The molecule has 0 spiro atoms. The molecule has 0 aromatic heterocycles. The molecular weight excluding hydrogens is 478 g/mol. The molecule has 3 aromatic carbocycles. The number of carbonyl (C=O) groups excluding carboxylic acids is 2. The molecule has 1 N–H and O–H groups in total. The summed E-state index contributed by atoms with van der Waals surface area (Å²) < 4.78 is 33.4. The van der Waals surface area contributed by atoms with Gasteiger partial charge in [0.1, 0.15) is 11.5 Å². The summed E-state index contributed by atoms with van der Waals surface area (Å²) >= 11 is 0. The summed E-state index contributed by atoms with van der Waals surface area (Å²) in [5, 5.41) is 11.4. The molecular formula is C29H26F2N2O4. The number of carbonyl (C=O) groups is 2. The maximum absolute atomic E-state index is 14.2. The van der Waals surface area contributed by atoms with Gasteiger partial charge in [-0.1, -0.05) is 12.1 Å². The van der Waals surface area contributed by atoms with Crippen LogP contribution < -0.4 is 14.5 Å². The fourth-order valence-electron chi connectivity index (χ4n) is 4.99. The van der Waals surface area contributed by atoms with Gasteiger partial charge in [0, 0.05) is 42.5 Å². The molecule has 0 radical (unpaired) electrons. The predicted molar refractivity (Wildman–Crippen MR) is 137 cm³/mol. The lowest BCUT2D eigenvalue weighted by Crippen LogP contribution is -2.29. The summed E-state index contributed by atoms with van der Waals surface area (Å²) in [4.78, 5) is 29.9. The Hall–Kier alpha value is -4.20. The molecule has 1 atom stereocenters. The molecule has 1 unspecified atom stereocenters. The Balaban J connectivity index is 1.67. The van der Waals surface area contributed by atoms with E-state index in [1.807, 2.05) is 26.0 Å². The van der Waals surface area contributed by atoms with Crippen LogP contribution in [0.25, 0.3) is 5.76 Å². The SMILES string of the molecule is CCN(CC)c1ccc(C2/C(=C(/O)c3ccc4c(c3)CCO4)C(=O)C(=O)N2c2ccc(F)c(F)c2)cc1. The molecule has 5 rings (SSSR count). The maximum atomic E-state index is 14.2. The van der Waals surface area contributed by atoms with Gasteiger partial charge in [-0.3, -0.25) is 14.5 Å². The molecule has 0 aliphatic carbocycles. The third-order valence-corrected chi connectivity index (χ3v) is 6.93. The molecule has 190 valence electrons. The Morgan fingerprint density at radius 2 is 1.73 bits per heavy atom. The zero-order valence-corrected chi connectivity index (χ0v) is 20.5. The normalized spacial score (nSPS) is 18.2. The quantitative estimate of drug-likeness (QED) is 0.278. The average Bonchev–Trinajstić information content (AvgIpc) is 3.48. The lowest BCUT2D eigenvalue weighted by molar-refractivity contribution is -0.132. The van der Waals surface area contributed by atoms with E-state index in [-0.39, 0.29) is 17.0 Å². The zero-order valence-electron chi connectivity index (χ0n) is 20.5. The number of Topliss-reactive ketones (excluding diaryl/α,β-unsaturated/α-hetero) is 1. The van der Waals surface area contributed by atoms with E-state index in [1.165, 1.54) is 6.07 Å². The van der Waals surface area contributed by atoms with Crippen LogP contribution in [0.2, 0.25) is 0 Å².